The summed E-state index contributed by atoms with van der Waals surface area (Å²) in [6.45, 7) is 4.69. The fourth-order valence-electron chi connectivity index (χ4n) is 9.69. The van der Waals surface area contributed by atoms with Gasteiger partial charge in [0.1, 0.15) is 22.3 Å². The summed E-state index contributed by atoms with van der Waals surface area (Å²) in [7, 11) is 0. The molecule has 3 heteroatoms. The molecule has 0 radical (unpaired) electrons. The van der Waals surface area contributed by atoms with Gasteiger partial charge in [-0.25, -0.2) is 0 Å². The highest BCUT2D eigenvalue weighted by Gasteiger charge is 2.35. The largest absolute Gasteiger partial charge is 0.456 e. The number of hydrogen-bond donors (Lipinski definition) is 0. The SMILES string of the molecule is CC1(C)c2ccccc2-c2ccc(N(c3ccc(-c4ccccc4)cc3)c3ccc(-c4ccc5oc6c(-c7ccccc7)c7c(cc6c5c4)oc4ccccc47)cc3)cc21. The van der Waals surface area contributed by atoms with Crippen molar-refractivity contribution < 1.29 is 8.83 Å². The van der Waals surface area contributed by atoms with Gasteiger partial charge in [-0.3, -0.25) is 0 Å². The number of anilines is 3. The molecule has 284 valence electrons. The van der Waals surface area contributed by atoms with Gasteiger partial charge in [-0.15, -0.1) is 0 Å². The molecule has 11 aromatic rings. The second kappa shape index (κ2) is 13.2. The average molecular weight is 770 g/mol. The zero-order valence-corrected chi connectivity index (χ0v) is 33.3. The van der Waals surface area contributed by atoms with Gasteiger partial charge in [0.15, 0.2) is 0 Å². The lowest BCUT2D eigenvalue weighted by Gasteiger charge is -2.28. The Kier molecular flexibility index (Phi) is 7.58. The highest BCUT2D eigenvalue weighted by Crippen LogP contribution is 2.51. The molecule has 0 bridgehead atoms. The lowest BCUT2D eigenvalue weighted by molar-refractivity contribution is 0.660. The summed E-state index contributed by atoms with van der Waals surface area (Å²) in [6.07, 6.45) is 0. The van der Waals surface area contributed by atoms with Gasteiger partial charge < -0.3 is 13.7 Å². The minimum Gasteiger partial charge on any atom is -0.456 e. The van der Waals surface area contributed by atoms with E-state index in [1.165, 1.54) is 33.4 Å². The van der Waals surface area contributed by atoms with Crippen molar-refractivity contribution in [3.8, 4) is 44.5 Å². The van der Waals surface area contributed by atoms with E-state index in [0.29, 0.717) is 0 Å². The number of benzene rings is 9. The summed E-state index contributed by atoms with van der Waals surface area (Å²) in [5, 5.41) is 4.27. The highest BCUT2D eigenvalue weighted by atomic mass is 16.3. The van der Waals surface area contributed by atoms with Crippen molar-refractivity contribution in [3.05, 3.63) is 211 Å². The van der Waals surface area contributed by atoms with Gasteiger partial charge in [-0.1, -0.05) is 153 Å². The van der Waals surface area contributed by atoms with Crippen LogP contribution in [0.3, 0.4) is 0 Å². The zero-order chi connectivity index (χ0) is 40.0. The molecule has 0 fully saturated rings. The predicted molar refractivity (Wildman–Crippen MR) is 250 cm³/mol. The van der Waals surface area contributed by atoms with Gasteiger partial charge >= 0.3 is 0 Å². The van der Waals surface area contributed by atoms with Crippen molar-refractivity contribution in [3.63, 3.8) is 0 Å². The molecule has 0 amide bonds. The summed E-state index contributed by atoms with van der Waals surface area (Å²) in [5.74, 6) is 0. The first-order valence-corrected chi connectivity index (χ1v) is 20.7. The Morgan fingerprint density at radius 3 is 1.68 bits per heavy atom. The second-order valence-corrected chi connectivity index (χ2v) is 16.5. The molecule has 0 atom stereocenters. The monoisotopic (exact) mass is 769 g/mol. The van der Waals surface area contributed by atoms with Crippen molar-refractivity contribution in [2.75, 3.05) is 4.90 Å². The Hall–Kier alpha value is -7.62. The lowest BCUT2D eigenvalue weighted by atomic mass is 9.82. The third-order valence-corrected chi connectivity index (χ3v) is 12.7. The zero-order valence-electron chi connectivity index (χ0n) is 33.3. The van der Waals surface area contributed by atoms with E-state index in [-0.39, 0.29) is 5.41 Å². The first kappa shape index (κ1) is 34.4. The van der Waals surface area contributed by atoms with Gasteiger partial charge in [0.25, 0.3) is 0 Å². The van der Waals surface area contributed by atoms with E-state index in [0.717, 1.165) is 83.2 Å². The van der Waals surface area contributed by atoms with Crippen molar-refractivity contribution in [1.82, 2.24) is 0 Å². The molecule has 2 aromatic heterocycles. The predicted octanol–water partition coefficient (Wildman–Crippen LogP) is 16.3. The minimum absolute atomic E-state index is 0.109. The Morgan fingerprint density at radius 2 is 0.933 bits per heavy atom. The van der Waals surface area contributed by atoms with Crippen molar-refractivity contribution in [2.45, 2.75) is 19.3 Å². The molecule has 2 heterocycles. The molecular formula is C57H39NO2. The van der Waals surface area contributed by atoms with E-state index in [4.69, 9.17) is 8.83 Å². The minimum atomic E-state index is -0.109. The van der Waals surface area contributed by atoms with Crippen LogP contribution in [0.2, 0.25) is 0 Å². The Balaban J connectivity index is 0.972. The van der Waals surface area contributed by atoms with E-state index in [2.05, 4.69) is 207 Å². The molecule has 60 heavy (non-hydrogen) atoms. The fourth-order valence-corrected chi connectivity index (χ4v) is 9.69. The van der Waals surface area contributed by atoms with Crippen molar-refractivity contribution in [1.29, 1.82) is 0 Å². The number of fused-ring (bicyclic) bond motifs is 9. The van der Waals surface area contributed by atoms with Gasteiger partial charge in [-0.05, 0) is 111 Å². The Morgan fingerprint density at radius 1 is 0.367 bits per heavy atom. The van der Waals surface area contributed by atoms with Crippen LogP contribution < -0.4 is 4.90 Å². The van der Waals surface area contributed by atoms with Crippen LogP contribution in [0.5, 0.6) is 0 Å². The average Bonchev–Trinajstić information content (AvgIpc) is 3.93. The molecule has 1 aliphatic carbocycles. The van der Waals surface area contributed by atoms with E-state index < -0.39 is 0 Å². The Labute approximate surface area is 348 Å². The van der Waals surface area contributed by atoms with E-state index >= 15 is 0 Å². The Bertz CT molecular complexity index is 3430. The molecule has 0 spiro atoms. The molecule has 12 rings (SSSR count). The quantitative estimate of drug-likeness (QED) is 0.169. The molecule has 0 unspecified atom stereocenters. The maximum Gasteiger partial charge on any atom is 0.144 e. The molecule has 3 nitrogen and oxygen atoms in total. The van der Waals surface area contributed by atoms with E-state index in [9.17, 15) is 0 Å². The molecule has 0 N–H and O–H groups in total. The number of nitrogens with zero attached hydrogens (tertiary/aromatic N) is 1. The first-order chi connectivity index (χ1) is 29.5. The summed E-state index contributed by atoms with van der Waals surface area (Å²) < 4.78 is 13.3. The van der Waals surface area contributed by atoms with Crippen LogP contribution >= 0.6 is 0 Å². The fraction of sp³-hybridized carbons (Fsp3) is 0.0526. The third-order valence-electron chi connectivity index (χ3n) is 12.7. The van der Waals surface area contributed by atoms with Crippen LogP contribution in [-0.2, 0) is 5.41 Å². The standard InChI is InChI=1S/C57H39NO2/c1-57(2)49-19-11-9-17-44(49)45-31-30-43(34-50(45)57)58(41-26-21-37(22-27-41)36-13-5-3-6-14-36)42-28-23-38(24-29-42)40-25-32-52-47(33-40)48-35-53-55(46-18-10-12-20-51(46)59-53)54(56(48)60-52)39-15-7-4-8-16-39/h3-35H,1-2H3. The lowest BCUT2D eigenvalue weighted by Crippen LogP contribution is -2.16. The van der Waals surface area contributed by atoms with Gasteiger partial charge in [-0.2, -0.15) is 0 Å². The summed E-state index contributed by atoms with van der Waals surface area (Å²) in [4.78, 5) is 2.38. The molecule has 0 saturated heterocycles. The topological polar surface area (TPSA) is 29.5 Å². The molecule has 0 saturated carbocycles. The number of rotatable bonds is 6. The van der Waals surface area contributed by atoms with Crippen LogP contribution in [-0.4, -0.2) is 0 Å². The summed E-state index contributed by atoms with van der Waals surface area (Å²) in [6, 6.07) is 71.8. The van der Waals surface area contributed by atoms with Gasteiger partial charge in [0, 0.05) is 49.6 Å². The van der Waals surface area contributed by atoms with E-state index in [1.807, 2.05) is 12.1 Å². The molecular weight excluding hydrogens is 731 g/mol. The van der Waals surface area contributed by atoms with Crippen LogP contribution in [0.4, 0.5) is 17.1 Å². The van der Waals surface area contributed by atoms with Gasteiger partial charge in [0.05, 0.1) is 0 Å². The number of hydrogen-bond acceptors (Lipinski definition) is 3. The molecule has 1 aliphatic rings. The van der Waals surface area contributed by atoms with Gasteiger partial charge in [0.2, 0.25) is 0 Å². The number of para-hydroxylation sites is 1. The molecule has 9 aromatic carbocycles. The van der Waals surface area contributed by atoms with Crippen molar-refractivity contribution in [2.24, 2.45) is 0 Å². The van der Waals surface area contributed by atoms with Crippen LogP contribution in [0.1, 0.15) is 25.0 Å². The number of furan rings is 2. The van der Waals surface area contributed by atoms with Crippen LogP contribution in [0.25, 0.3) is 88.4 Å². The summed E-state index contributed by atoms with van der Waals surface area (Å²) >= 11 is 0. The highest BCUT2D eigenvalue weighted by molar-refractivity contribution is 6.23. The normalized spacial score (nSPS) is 13.0. The first-order valence-electron chi connectivity index (χ1n) is 20.7. The maximum atomic E-state index is 6.76. The van der Waals surface area contributed by atoms with Crippen molar-refractivity contribution >= 4 is 60.9 Å². The smallest absolute Gasteiger partial charge is 0.144 e. The van der Waals surface area contributed by atoms with E-state index in [1.54, 1.807) is 0 Å². The second-order valence-electron chi connectivity index (χ2n) is 16.5. The third kappa shape index (κ3) is 5.29. The van der Waals surface area contributed by atoms with Crippen LogP contribution in [0.15, 0.2) is 209 Å². The molecule has 0 aliphatic heterocycles. The summed E-state index contributed by atoms with van der Waals surface area (Å²) in [5.41, 5.74) is 18.9. The maximum absolute atomic E-state index is 6.76. The van der Waals surface area contributed by atoms with Crippen LogP contribution in [0, 0.1) is 0 Å².